The molecule has 2 unspecified atom stereocenters. The van der Waals surface area contributed by atoms with Crippen LogP contribution in [0, 0.1) is 0 Å². The van der Waals surface area contributed by atoms with Crippen LogP contribution in [0.5, 0.6) is 0 Å². The Morgan fingerprint density at radius 3 is 2.00 bits per heavy atom. The van der Waals surface area contributed by atoms with Crippen LogP contribution in [0.4, 0.5) is 0 Å². The van der Waals surface area contributed by atoms with E-state index in [0.29, 0.717) is 0 Å². The number of hydrogen-bond acceptors (Lipinski definition) is 2. The van der Waals surface area contributed by atoms with Gasteiger partial charge < -0.3 is 10.3 Å². The van der Waals surface area contributed by atoms with E-state index < -0.39 is 0 Å². The molecule has 8 aromatic carbocycles. The predicted molar refractivity (Wildman–Crippen MR) is 236 cm³/mol. The van der Waals surface area contributed by atoms with Gasteiger partial charge in [-0.05, 0) is 97.2 Å². The van der Waals surface area contributed by atoms with Crippen molar-refractivity contribution in [2.75, 3.05) is 0 Å². The van der Waals surface area contributed by atoms with E-state index in [4.69, 9.17) is 5.73 Å². The van der Waals surface area contributed by atoms with Gasteiger partial charge in [0.15, 0.2) is 0 Å². The number of para-hydroxylation sites is 2. The predicted octanol–water partition coefficient (Wildman–Crippen LogP) is 12.9. The number of aromatic nitrogens is 1. The maximum atomic E-state index is 6.86. The molecule has 0 radical (unpaired) electrons. The Labute approximate surface area is 328 Å². The molecule has 3 heteroatoms. The SMILES string of the molecule is CC1(C)c2cc3ccccc3cc2-c2c(/C=C/C(NC(N)c3ccccc3)c3ccc(-c4ccc5c6ccccc6n(-c6ccccc6)c5c4)cc3)cccc21. The Balaban J connectivity index is 1.04. The molecule has 1 aliphatic rings. The van der Waals surface area contributed by atoms with E-state index in [0.717, 1.165) is 16.8 Å². The zero-order chi connectivity index (χ0) is 37.8. The fourth-order valence-electron chi connectivity index (χ4n) is 8.94. The molecular weight excluding hydrogens is 679 g/mol. The number of nitrogens with two attached hydrogens (primary N) is 1. The van der Waals surface area contributed by atoms with Gasteiger partial charge >= 0.3 is 0 Å². The second-order valence-electron chi connectivity index (χ2n) is 15.6. The molecule has 0 fully saturated rings. The van der Waals surface area contributed by atoms with Crippen molar-refractivity contribution < 1.29 is 0 Å². The van der Waals surface area contributed by atoms with Gasteiger partial charge in [-0.25, -0.2) is 0 Å². The Morgan fingerprint density at radius 1 is 0.554 bits per heavy atom. The Morgan fingerprint density at radius 2 is 1.21 bits per heavy atom. The fourth-order valence-corrected chi connectivity index (χ4v) is 8.94. The molecule has 10 rings (SSSR count). The average molecular weight is 722 g/mol. The summed E-state index contributed by atoms with van der Waals surface area (Å²) in [7, 11) is 0. The standard InChI is InChI=1S/C53H43N3/c1-53(2)46-22-13-18-37(51(46)45-32-39-16-9-10-17-40(39)33-47(45)53)29-31-48(55-52(54)38-14-5-3-6-15-38)36-26-24-35(25-27-36)41-28-30-44-43-21-11-12-23-49(43)56(50(44)34-41)42-19-7-4-8-20-42/h3-34,48,52,55H,54H2,1-2H3/b31-29+. The van der Waals surface area contributed by atoms with Crippen molar-refractivity contribution in [3.63, 3.8) is 0 Å². The highest BCUT2D eigenvalue weighted by atomic mass is 15.0. The summed E-state index contributed by atoms with van der Waals surface area (Å²) in [5.74, 6) is 0. The van der Waals surface area contributed by atoms with Gasteiger partial charge in [0.2, 0.25) is 0 Å². The summed E-state index contributed by atoms with van der Waals surface area (Å²) in [6, 6.07) is 65.5. The van der Waals surface area contributed by atoms with Crippen molar-refractivity contribution in [2.45, 2.75) is 31.5 Å². The maximum absolute atomic E-state index is 6.86. The molecule has 0 saturated carbocycles. The van der Waals surface area contributed by atoms with Crippen LogP contribution < -0.4 is 11.1 Å². The lowest BCUT2D eigenvalue weighted by atomic mass is 9.81. The van der Waals surface area contributed by atoms with Crippen LogP contribution in [0.3, 0.4) is 0 Å². The van der Waals surface area contributed by atoms with Crippen molar-refractivity contribution >= 4 is 38.7 Å². The van der Waals surface area contributed by atoms with Crippen molar-refractivity contribution in [3.8, 4) is 27.9 Å². The number of rotatable bonds is 8. The van der Waals surface area contributed by atoms with E-state index in [1.54, 1.807) is 0 Å². The Hall–Kier alpha value is -6.52. The largest absolute Gasteiger partial charge is 0.312 e. The Bertz CT molecular complexity index is 2920. The summed E-state index contributed by atoms with van der Waals surface area (Å²) < 4.78 is 2.38. The van der Waals surface area contributed by atoms with Gasteiger partial charge in [-0.1, -0.05) is 172 Å². The van der Waals surface area contributed by atoms with Gasteiger partial charge in [0.05, 0.1) is 23.2 Å². The molecule has 3 nitrogen and oxygen atoms in total. The minimum Gasteiger partial charge on any atom is -0.312 e. The van der Waals surface area contributed by atoms with Crippen molar-refractivity contribution in [3.05, 3.63) is 216 Å². The molecule has 0 saturated heterocycles. The molecular formula is C53H43N3. The van der Waals surface area contributed by atoms with Crippen LogP contribution >= 0.6 is 0 Å². The summed E-state index contributed by atoms with van der Waals surface area (Å²) in [5.41, 5.74) is 21.5. The van der Waals surface area contributed by atoms with E-state index in [1.807, 2.05) is 18.2 Å². The highest BCUT2D eigenvalue weighted by Crippen LogP contribution is 2.51. The number of hydrogen-bond donors (Lipinski definition) is 2. The zero-order valence-electron chi connectivity index (χ0n) is 31.7. The molecule has 9 aromatic rings. The summed E-state index contributed by atoms with van der Waals surface area (Å²) >= 11 is 0. The molecule has 3 N–H and O–H groups in total. The molecule has 56 heavy (non-hydrogen) atoms. The van der Waals surface area contributed by atoms with Crippen LogP contribution in [0.2, 0.25) is 0 Å². The zero-order valence-corrected chi connectivity index (χ0v) is 31.7. The Kier molecular flexibility index (Phi) is 8.29. The minimum absolute atomic E-state index is 0.0971. The molecule has 1 aromatic heterocycles. The van der Waals surface area contributed by atoms with Crippen LogP contribution in [-0.2, 0) is 5.41 Å². The van der Waals surface area contributed by atoms with Crippen LogP contribution in [0.1, 0.15) is 53.9 Å². The highest BCUT2D eigenvalue weighted by Gasteiger charge is 2.36. The van der Waals surface area contributed by atoms with Gasteiger partial charge in [0.25, 0.3) is 0 Å². The molecule has 0 aliphatic heterocycles. The van der Waals surface area contributed by atoms with Gasteiger partial charge in [-0.3, -0.25) is 5.32 Å². The van der Waals surface area contributed by atoms with Crippen molar-refractivity contribution in [1.82, 2.24) is 9.88 Å². The third-order valence-corrected chi connectivity index (χ3v) is 11.9. The van der Waals surface area contributed by atoms with Gasteiger partial charge in [0.1, 0.15) is 0 Å². The summed E-state index contributed by atoms with van der Waals surface area (Å²) in [6.45, 7) is 4.70. The topological polar surface area (TPSA) is 43.0 Å². The van der Waals surface area contributed by atoms with E-state index in [1.165, 1.54) is 71.5 Å². The molecule has 1 heterocycles. The third kappa shape index (κ3) is 5.76. The molecule has 2 atom stereocenters. The maximum Gasteiger partial charge on any atom is 0.0817 e. The monoisotopic (exact) mass is 721 g/mol. The van der Waals surface area contributed by atoms with Gasteiger partial charge in [-0.2, -0.15) is 0 Å². The van der Waals surface area contributed by atoms with E-state index >= 15 is 0 Å². The number of nitrogens with one attached hydrogen (secondary N) is 1. The lowest BCUT2D eigenvalue weighted by Crippen LogP contribution is -2.31. The average Bonchev–Trinajstić information content (AvgIpc) is 3.70. The smallest absolute Gasteiger partial charge is 0.0817 e. The van der Waals surface area contributed by atoms with Crippen LogP contribution in [0.25, 0.3) is 66.6 Å². The molecule has 0 amide bonds. The number of nitrogens with zero attached hydrogens (tertiary/aromatic N) is 1. The summed E-state index contributed by atoms with van der Waals surface area (Å²) in [5, 5.41) is 8.82. The van der Waals surface area contributed by atoms with Gasteiger partial charge in [-0.15, -0.1) is 0 Å². The van der Waals surface area contributed by atoms with Crippen LogP contribution in [-0.4, -0.2) is 4.57 Å². The second-order valence-corrected chi connectivity index (χ2v) is 15.6. The fraction of sp³-hybridized carbons (Fsp3) is 0.0943. The van der Waals surface area contributed by atoms with Crippen molar-refractivity contribution in [1.29, 1.82) is 0 Å². The molecule has 270 valence electrons. The highest BCUT2D eigenvalue weighted by molar-refractivity contribution is 6.10. The van der Waals surface area contributed by atoms with E-state index in [2.05, 4.69) is 200 Å². The molecule has 0 spiro atoms. The van der Waals surface area contributed by atoms with Crippen LogP contribution in [0.15, 0.2) is 188 Å². The first-order valence-corrected chi connectivity index (χ1v) is 19.5. The third-order valence-electron chi connectivity index (χ3n) is 11.9. The quantitative estimate of drug-likeness (QED) is 0.153. The number of benzene rings is 8. The minimum atomic E-state index is -0.347. The summed E-state index contributed by atoms with van der Waals surface area (Å²) in [6.07, 6.45) is 4.23. The molecule has 1 aliphatic carbocycles. The first kappa shape index (κ1) is 34.0. The lowest BCUT2D eigenvalue weighted by molar-refractivity contribution is 0.509. The molecule has 0 bridgehead atoms. The first-order chi connectivity index (χ1) is 27.4. The van der Waals surface area contributed by atoms with E-state index in [9.17, 15) is 0 Å². The van der Waals surface area contributed by atoms with Crippen molar-refractivity contribution in [2.24, 2.45) is 5.73 Å². The van der Waals surface area contributed by atoms with Gasteiger partial charge in [0, 0.05) is 21.9 Å². The summed E-state index contributed by atoms with van der Waals surface area (Å²) in [4.78, 5) is 0. The number of fused-ring (bicyclic) bond motifs is 7. The normalized spacial score (nSPS) is 14.3. The second kappa shape index (κ2) is 13.6. The lowest BCUT2D eigenvalue weighted by Gasteiger charge is -2.22. The van der Waals surface area contributed by atoms with E-state index in [-0.39, 0.29) is 17.6 Å². The first-order valence-electron chi connectivity index (χ1n) is 19.5.